The number of guanidine groups is 1. The molecule has 0 saturated heterocycles. The van der Waals surface area contributed by atoms with E-state index < -0.39 is 0 Å². The van der Waals surface area contributed by atoms with Crippen molar-refractivity contribution in [2.75, 3.05) is 38.7 Å². The molecule has 0 radical (unpaired) electrons. The summed E-state index contributed by atoms with van der Waals surface area (Å²) in [5.74, 6) is 1.16. The van der Waals surface area contributed by atoms with E-state index in [1.807, 2.05) is 39.0 Å². The Bertz CT molecular complexity index is 743. The van der Waals surface area contributed by atoms with Crippen molar-refractivity contribution in [1.82, 2.24) is 10.6 Å². The summed E-state index contributed by atoms with van der Waals surface area (Å²) < 4.78 is 16.0. The monoisotopic (exact) mass is 406 g/mol. The van der Waals surface area contributed by atoms with Gasteiger partial charge >= 0.3 is 5.97 Å². The zero-order valence-corrected chi connectivity index (χ0v) is 17.5. The number of anilines is 1. The van der Waals surface area contributed by atoms with Crippen molar-refractivity contribution in [3.8, 4) is 11.5 Å². The number of amides is 1. The van der Waals surface area contributed by atoms with Gasteiger partial charge in [-0.1, -0.05) is 0 Å². The van der Waals surface area contributed by atoms with Gasteiger partial charge in [-0.25, -0.2) is 4.99 Å². The molecule has 29 heavy (non-hydrogen) atoms. The van der Waals surface area contributed by atoms with Crippen molar-refractivity contribution in [1.29, 1.82) is 0 Å². The van der Waals surface area contributed by atoms with Crippen LogP contribution in [0.2, 0.25) is 0 Å². The van der Waals surface area contributed by atoms with Gasteiger partial charge in [0.2, 0.25) is 5.91 Å². The first-order valence-electron chi connectivity index (χ1n) is 9.59. The third-order valence-corrected chi connectivity index (χ3v) is 3.75. The molecule has 0 unspecified atom stereocenters. The topological polar surface area (TPSA) is 110 Å². The zero-order chi connectivity index (χ0) is 21.3. The first-order valence-corrected chi connectivity index (χ1v) is 9.59. The molecule has 1 amide bonds. The lowest BCUT2D eigenvalue weighted by Crippen LogP contribution is -2.42. The van der Waals surface area contributed by atoms with E-state index >= 15 is 0 Å². The number of methoxy groups -OCH3 is 1. The second-order valence-electron chi connectivity index (χ2n) is 7.55. The van der Waals surface area contributed by atoms with Gasteiger partial charge in [-0.05, 0) is 32.9 Å². The van der Waals surface area contributed by atoms with Crippen LogP contribution in [0.25, 0.3) is 0 Å². The van der Waals surface area contributed by atoms with Gasteiger partial charge in [0.25, 0.3) is 0 Å². The van der Waals surface area contributed by atoms with Crippen molar-refractivity contribution in [2.45, 2.75) is 39.2 Å². The van der Waals surface area contributed by atoms with Gasteiger partial charge in [-0.3, -0.25) is 9.59 Å². The Morgan fingerprint density at radius 2 is 1.90 bits per heavy atom. The minimum atomic E-state index is -0.340. The van der Waals surface area contributed by atoms with E-state index in [-0.39, 0.29) is 30.4 Å². The Morgan fingerprint density at radius 3 is 2.59 bits per heavy atom. The Morgan fingerprint density at radius 1 is 1.17 bits per heavy atom. The molecule has 3 N–H and O–H groups in total. The molecule has 0 fully saturated rings. The molecule has 0 saturated carbocycles. The number of nitrogens with one attached hydrogen (secondary N) is 3. The second kappa shape index (κ2) is 10.5. The maximum Gasteiger partial charge on any atom is 0.307 e. The lowest BCUT2D eigenvalue weighted by molar-refractivity contribution is -0.140. The Balaban J connectivity index is 2.07. The minimum Gasteiger partial charge on any atom is -0.490 e. The number of carbonyl (C=O) groups excluding carboxylic acids is 2. The highest BCUT2D eigenvalue weighted by atomic mass is 16.5. The normalized spacial score (nSPS) is 13.9. The highest BCUT2D eigenvalue weighted by Crippen LogP contribution is 2.32. The number of ether oxygens (including phenoxy) is 3. The number of aliphatic imine (C=N–C) groups is 1. The van der Waals surface area contributed by atoms with Crippen molar-refractivity contribution in [3.63, 3.8) is 0 Å². The summed E-state index contributed by atoms with van der Waals surface area (Å²) >= 11 is 0. The lowest BCUT2D eigenvalue weighted by Gasteiger charge is -2.20. The Hall–Kier alpha value is -2.97. The van der Waals surface area contributed by atoms with Gasteiger partial charge in [0, 0.05) is 30.3 Å². The van der Waals surface area contributed by atoms with Gasteiger partial charge in [0.1, 0.15) is 6.54 Å². The fourth-order valence-corrected chi connectivity index (χ4v) is 2.51. The third kappa shape index (κ3) is 8.28. The van der Waals surface area contributed by atoms with Crippen LogP contribution in [0.3, 0.4) is 0 Å². The quantitative estimate of drug-likeness (QED) is 0.374. The highest BCUT2D eigenvalue weighted by Gasteiger charge is 2.14. The van der Waals surface area contributed by atoms with Crippen molar-refractivity contribution >= 4 is 23.5 Å². The average Bonchev–Trinajstić information content (AvgIpc) is 2.89. The highest BCUT2D eigenvalue weighted by molar-refractivity contribution is 5.95. The van der Waals surface area contributed by atoms with Crippen LogP contribution in [0.5, 0.6) is 11.5 Å². The molecule has 1 heterocycles. The van der Waals surface area contributed by atoms with Crippen LogP contribution in [-0.2, 0) is 14.3 Å². The molecule has 1 aromatic rings. The van der Waals surface area contributed by atoms with E-state index in [1.165, 1.54) is 7.11 Å². The number of nitrogens with zero attached hydrogens (tertiary/aromatic N) is 1. The summed E-state index contributed by atoms with van der Waals surface area (Å²) in [6.07, 6.45) is 0.995. The number of carbonyl (C=O) groups is 2. The number of fused-ring (bicyclic) bond motifs is 1. The average molecular weight is 406 g/mol. The largest absolute Gasteiger partial charge is 0.490 e. The SMILES string of the molecule is COC(=O)CCNC(=NCC(=O)NC(C)(C)C)Nc1ccc2c(c1)OCCCO2. The molecule has 0 bridgehead atoms. The predicted molar refractivity (Wildman–Crippen MR) is 111 cm³/mol. The summed E-state index contributed by atoms with van der Waals surface area (Å²) in [5.41, 5.74) is 0.377. The summed E-state index contributed by atoms with van der Waals surface area (Å²) in [4.78, 5) is 27.8. The number of esters is 1. The van der Waals surface area contributed by atoms with Crippen LogP contribution in [0, 0.1) is 0 Å². The molecule has 9 heteroatoms. The van der Waals surface area contributed by atoms with E-state index in [0.717, 1.165) is 12.1 Å². The predicted octanol–water partition coefficient (Wildman–Crippen LogP) is 1.68. The number of hydrogen-bond donors (Lipinski definition) is 3. The fourth-order valence-electron chi connectivity index (χ4n) is 2.51. The molecular weight excluding hydrogens is 376 g/mol. The van der Waals surface area contributed by atoms with E-state index in [0.29, 0.717) is 37.2 Å². The number of rotatable bonds is 6. The molecule has 0 aliphatic carbocycles. The molecule has 1 aromatic carbocycles. The molecule has 0 atom stereocenters. The molecule has 1 aliphatic heterocycles. The van der Waals surface area contributed by atoms with Crippen LogP contribution in [-0.4, -0.2) is 56.8 Å². The van der Waals surface area contributed by atoms with Gasteiger partial charge in [0.15, 0.2) is 17.5 Å². The molecule has 0 aromatic heterocycles. The summed E-state index contributed by atoms with van der Waals surface area (Å²) in [6, 6.07) is 5.47. The Labute approximate surface area is 171 Å². The smallest absolute Gasteiger partial charge is 0.307 e. The minimum absolute atomic E-state index is 0.0601. The molecule has 2 rings (SSSR count). The van der Waals surface area contributed by atoms with Crippen LogP contribution in [0.15, 0.2) is 23.2 Å². The lowest BCUT2D eigenvalue weighted by atomic mass is 10.1. The molecule has 1 aliphatic rings. The molecule has 0 spiro atoms. The maximum atomic E-state index is 12.1. The summed E-state index contributed by atoms with van der Waals surface area (Å²) in [7, 11) is 1.34. The van der Waals surface area contributed by atoms with E-state index in [4.69, 9.17) is 9.47 Å². The Kier molecular flexibility index (Phi) is 8.11. The van der Waals surface area contributed by atoms with E-state index in [2.05, 4.69) is 25.7 Å². The third-order valence-electron chi connectivity index (χ3n) is 3.75. The fraction of sp³-hybridized carbons (Fsp3) is 0.550. The number of hydrogen-bond acceptors (Lipinski definition) is 6. The molecular formula is C20H30N4O5. The van der Waals surface area contributed by atoms with Crippen LogP contribution in [0.4, 0.5) is 5.69 Å². The van der Waals surface area contributed by atoms with Crippen LogP contribution in [0.1, 0.15) is 33.6 Å². The standard InChI is InChI=1S/C20H30N4O5/c1-20(2,3)24-17(25)13-22-19(21-9-8-18(26)27-4)23-14-6-7-15-16(12-14)29-11-5-10-28-15/h6-7,12H,5,8-11,13H2,1-4H3,(H,24,25)(H2,21,22,23). The van der Waals surface area contributed by atoms with E-state index in [9.17, 15) is 9.59 Å². The van der Waals surface area contributed by atoms with Gasteiger partial charge < -0.3 is 30.2 Å². The number of benzene rings is 1. The van der Waals surface area contributed by atoms with Gasteiger partial charge in [0.05, 0.1) is 26.7 Å². The zero-order valence-electron chi connectivity index (χ0n) is 17.5. The molecule has 9 nitrogen and oxygen atoms in total. The van der Waals surface area contributed by atoms with Gasteiger partial charge in [-0.2, -0.15) is 0 Å². The van der Waals surface area contributed by atoms with Crippen molar-refractivity contribution < 1.29 is 23.8 Å². The first kappa shape index (κ1) is 22.3. The van der Waals surface area contributed by atoms with Crippen LogP contribution < -0.4 is 25.4 Å². The van der Waals surface area contributed by atoms with Gasteiger partial charge in [-0.15, -0.1) is 0 Å². The van der Waals surface area contributed by atoms with Crippen molar-refractivity contribution in [3.05, 3.63) is 18.2 Å². The summed E-state index contributed by atoms with van der Waals surface area (Å²) in [5, 5.41) is 9.02. The van der Waals surface area contributed by atoms with Crippen LogP contribution >= 0.6 is 0 Å². The van der Waals surface area contributed by atoms with E-state index in [1.54, 1.807) is 0 Å². The second-order valence-corrected chi connectivity index (χ2v) is 7.55. The van der Waals surface area contributed by atoms with Crippen molar-refractivity contribution in [2.24, 2.45) is 4.99 Å². The molecule has 160 valence electrons. The maximum absolute atomic E-state index is 12.1. The first-order chi connectivity index (χ1) is 13.8. The summed E-state index contributed by atoms with van der Waals surface area (Å²) in [6.45, 7) is 7.16.